The average Bonchev–Trinajstić information content (AvgIpc) is 2.87. The molecule has 0 unspecified atom stereocenters. The van der Waals surface area contributed by atoms with E-state index < -0.39 is 15.9 Å². The molecule has 9 heteroatoms. The molecule has 1 amide bonds. The van der Waals surface area contributed by atoms with E-state index in [1.54, 1.807) is 18.2 Å². The number of carbonyl (C=O) groups is 1. The Labute approximate surface area is 113 Å². The maximum atomic E-state index is 12.1. The van der Waals surface area contributed by atoms with E-state index in [1.165, 1.54) is 12.1 Å². The third-order valence-corrected chi connectivity index (χ3v) is 4.49. The van der Waals surface area contributed by atoms with Crippen LogP contribution in [-0.2, 0) is 14.8 Å². The summed E-state index contributed by atoms with van der Waals surface area (Å²) in [5, 5.41) is 3.98. The largest absolute Gasteiger partial charge is 0.369 e. The summed E-state index contributed by atoms with van der Waals surface area (Å²) in [6.45, 7) is 0. The van der Waals surface area contributed by atoms with Gasteiger partial charge in [-0.15, -0.1) is 9.19 Å². The van der Waals surface area contributed by atoms with Gasteiger partial charge < -0.3 is 5.73 Å². The predicted molar refractivity (Wildman–Crippen MR) is 69.0 cm³/mol. The van der Waals surface area contributed by atoms with Gasteiger partial charge in [-0.25, -0.2) is 4.98 Å². The van der Waals surface area contributed by atoms with Crippen molar-refractivity contribution in [2.45, 2.75) is 10.1 Å². The molecule has 2 rings (SSSR count). The maximum absolute atomic E-state index is 12.1. The Bertz CT molecular complexity index is 682. The Hall–Kier alpha value is -1.87. The molecule has 0 atom stereocenters. The van der Waals surface area contributed by atoms with Crippen LogP contribution in [0.5, 0.6) is 0 Å². The number of nitrogens with two attached hydrogens (primary N) is 1. The number of aromatic nitrogens is 3. The van der Waals surface area contributed by atoms with E-state index in [1.807, 2.05) is 0 Å². The van der Waals surface area contributed by atoms with E-state index in [0.717, 1.165) is 22.2 Å². The first-order valence-corrected chi connectivity index (χ1v) is 7.56. The van der Waals surface area contributed by atoms with Gasteiger partial charge in [0.05, 0.1) is 10.6 Å². The van der Waals surface area contributed by atoms with E-state index in [9.17, 15) is 13.2 Å². The lowest BCUT2D eigenvalue weighted by Crippen LogP contribution is -2.14. The molecule has 0 fully saturated rings. The fourth-order valence-corrected chi connectivity index (χ4v) is 2.92. The Balaban J connectivity index is 2.25. The Morgan fingerprint density at radius 1 is 1.32 bits per heavy atom. The lowest BCUT2D eigenvalue weighted by atomic mass is 10.4. The smallest absolute Gasteiger partial charge is 0.284 e. The normalized spacial score (nSPS) is 11.4. The second kappa shape index (κ2) is 5.41. The number of primary amides is 1. The van der Waals surface area contributed by atoms with E-state index in [-0.39, 0.29) is 15.8 Å². The number of amides is 1. The van der Waals surface area contributed by atoms with Crippen LogP contribution in [0.25, 0.3) is 0 Å². The molecule has 0 saturated heterocycles. The van der Waals surface area contributed by atoms with Gasteiger partial charge in [-0.3, -0.25) is 4.79 Å². The summed E-state index contributed by atoms with van der Waals surface area (Å²) >= 11 is 0.979. The first kappa shape index (κ1) is 13.6. The number of hydrogen-bond donors (Lipinski definition) is 1. The topological polar surface area (TPSA) is 108 Å². The molecular weight excluding hydrogens is 288 g/mol. The Kier molecular flexibility index (Phi) is 3.86. The van der Waals surface area contributed by atoms with Crippen LogP contribution in [0.3, 0.4) is 0 Å². The van der Waals surface area contributed by atoms with Crippen LogP contribution in [0.1, 0.15) is 0 Å². The van der Waals surface area contributed by atoms with Crippen molar-refractivity contribution in [3.63, 3.8) is 0 Å². The number of nitrogens with zero attached hydrogens (tertiary/aromatic N) is 3. The predicted octanol–water partition coefficient (Wildman–Crippen LogP) is 0.0925. The minimum absolute atomic E-state index is 0.00457. The molecule has 0 spiro atoms. The number of benzene rings is 1. The van der Waals surface area contributed by atoms with E-state index in [2.05, 4.69) is 10.1 Å². The van der Waals surface area contributed by atoms with Crippen LogP contribution in [-0.4, -0.2) is 34.2 Å². The van der Waals surface area contributed by atoms with Crippen LogP contribution in [0, 0.1) is 0 Å². The lowest BCUT2D eigenvalue weighted by Gasteiger charge is -2.02. The van der Waals surface area contributed by atoms with Gasteiger partial charge in [0.25, 0.3) is 10.0 Å². The van der Waals surface area contributed by atoms with Gasteiger partial charge in [0.1, 0.15) is 6.33 Å². The van der Waals surface area contributed by atoms with Crippen LogP contribution in [0.2, 0.25) is 0 Å². The molecule has 1 heterocycles. The summed E-state index contributed by atoms with van der Waals surface area (Å²) in [5.74, 6) is -0.526. The summed E-state index contributed by atoms with van der Waals surface area (Å²) in [5.41, 5.74) is 4.98. The second-order valence-electron chi connectivity index (χ2n) is 3.47. The summed E-state index contributed by atoms with van der Waals surface area (Å²) < 4.78 is 25.1. The summed E-state index contributed by atoms with van der Waals surface area (Å²) in [6, 6.07) is 7.88. The quantitative estimate of drug-likeness (QED) is 0.784. The molecule has 2 aromatic rings. The summed E-state index contributed by atoms with van der Waals surface area (Å²) in [6.07, 6.45) is 1.09. The number of hydrogen-bond acceptors (Lipinski definition) is 6. The molecule has 0 aliphatic rings. The highest BCUT2D eigenvalue weighted by atomic mass is 32.2. The van der Waals surface area contributed by atoms with Gasteiger partial charge >= 0.3 is 0 Å². The zero-order chi connectivity index (χ0) is 13.9. The fraction of sp³-hybridized carbons (Fsp3) is 0.100. The highest BCUT2D eigenvalue weighted by Gasteiger charge is 2.18. The fourth-order valence-electron chi connectivity index (χ4n) is 1.25. The first-order valence-electron chi connectivity index (χ1n) is 5.13. The van der Waals surface area contributed by atoms with Crippen molar-refractivity contribution in [1.82, 2.24) is 14.2 Å². The van der Waals surface area contributed by atoms with Gasteiger partial charge in [0, 0.05) is 0 Å². The second-order valence-corrected chi connectivity index (χ2v) is 6.21. The average molecular weight is 298 g/mol. The molecule has 0 bridgehead atoms. The van der Waals surface area contributed by atoms with E-state index in [4.69, 9.17) is 5.73 Å². The molecule has 0 aliphatic carbocycles. The highest BCUT2D eigenvalue weighted by molar-refractivity contribution is 7.99. The summed E-state index contributed by atoms with van der Waals surface area (Å²) in [7, 11) is -3.74. The van der Waals surface area contributed by atoms with Crippen molar-refractivity contribution < 1.29 is 13.2 Å². The van der Waals surface area contributed by atoms with Crippen LogP contribution < -0.4 is 5.73 Å². The van der Waals surface area contributed by atoms with Crippen molar-refractivity contribution in [2.24, 2.45) is 5.73 Å². The Morgan fingerprint density at radius 3 is 2.63 bits per heavy atom. The zero-order valence-corrected chi connectivity index (χ0v) is 11.3. The molecule has 1 aromatic heterocycles. The van der Waals surface area contributed by atoms with Gasteiger partial charge in [-0.2, -0.15) is 8.42 Å². The molecule has 19 heavy (non-hydrogen) atoms. The molecule has 1 aromatic carbocycles. The van der Waals surface area contributed by atoms with Crippen LogP contribution in [0.15, 0.2) is 46.7 Å². The van der Waals surface area contributed by atoms with Crippen molar-refractivity contribution >= 4 is 27.7 Å². The molecule has 7 nitrogen and oxygen atoms in total. The minimum Gasteiger partial charge on any atom is -0.369 e. The molecule has 0 aliphatic heterocycles. The monoisotopic (exact) mass is 298 g/mol. The molecule has 0 saturated carbocycles. The number of thioether (sulfide) groups is 1. The first-order chi connectivity index (χ1) is 9.00. The van der Waals surface area contributed by atoms with E-state index >= 15 is 0 Å². The van der Waals surface area contributed by atoms with Gasteiger partial charge in [-0.1, -0.05) is 30.0 Å². The standard InChI is InChI=1S/C10H10N4O3S2/c11-9(15)6-18-10-12-7-14(13-10)19(16,17)8-4-2-1-3-5-8/h1-5,7H,6H2,(H2,11,15). The zero-order valence-electron chi connectivity index (χ0n) is 9.63. The van der Waals surface area contributed by atoms with Crippen LogP contribution >= 0.6 is 11.8 Å². The SMILES string of the molecule is NC(=O)CSc1ncn(S(=O)(=O)c2ccccc2)n1. The molecule has 0 radical (unpaired) electrons. The van der Waals surface area contributed by atoms with Gasteiger partial charge in [-0.05, 0) is 12.1 Å². The Morgan fingerprint density at radius 2 is 2.00 bits per heavy atom. The maximum Gasteiger partial charge on any atom is 0.284 e. The minimum atomic E-state index is -3.74. The summed E-state index contributed by atoms with van der Waals surface area (Å²) in [4.78, 5) is 14.5. The number of rotatable bonds is 5. The third-order valence-electron chi connectivity index (χ3n) is 2.08. The van der Waals surface area contributed by atoms with Crippen molar-refractivity contribution in [3.05, 3.63) is 36.7 Å². The molecule has 100 valence electrons. The van der Waals surface area contributed by atoms with Crippen LogP contribution in [0.4, 0.5) is 0 Å². The van der Waals surface area contributed by atoms with Gasteiger partial charge in [0.2, 0.25) is 11.1 Å². The van der Waals surface area contributed by atoms with E-state index in [0.29, 0.717) is 0 Å². The van der Waals surface area contributed by atoms with Crippen molar-refractivity contribution in [1.29, 1.82) is 0 Å². The molecule has 2 N–H and O–H groups in total. The number of carbonyl (C=O) groups excluding carboxylic acids is 1. The van der Waals surface area contributed by atoms with Crippen molar-refractivity contribution in [3.8, 4) is 0 Å². The van der Waals surface area contributed by atoms with Gasteiger partial charge in [0.15, 0.2) is 0 Å². The highest BCUT2D eigenvalue weighted by Crippen LogP contribution is 2.15. The molecular formula is C10H10N4O3S2. The van der Waals surface area contributed by atoms with Crippen molar-refractivity contribution in [2.75, 3.05) is 5.75 Å². The third kappa shape index (κ3) is 3.12. The lowest BCUT2D eigenvalue weighted by molar-refractivity contribution is -0.115.